The highest BCUT2D eigenvalue weighted by Crippen LogP contribution is 2.19. The molecular formula is C14H17N3O3. The predicted octanol–water partition coefficient (Wildman–Crippen LogP) is 0.691. The van der Waals surface area contributed by atoms with Gasteiger partial charge in [-0.3, -0.25) is 9.36 Å². The van der Waals surface area contributed by atoms with Gasteiger partial charge in [0.25, 0.3) is 5.56 Å². The number of hydrogen-bond donors (Lipinski definition) is 1. The van der Waals surface area contributed by atoms with Gasteiger partial charge in [0.05, 0.1) is 12.2 Å². The Kier molecular flexibility index (Phi) is 4.24. The van der Waals surface area contributed by atoms with Crippen LogP contribution in [0.2, 0.25) is 0 Å². The second-order valence-corrected chi connectivity index (χ2v) is 4.26. The molecule has 1 aromatic heterocycles. The number of nitrogens with two attached hydrogens (primary N) is 1. The summed E-state index contributed by atoms with van der Waals surface area (Å²) in [4.78, 5) is 23.7. The minimum Gasteiger partial charge on any atom is -0.490 e. The lowest BCUT2D eigenvalue weighted by Gasteiger charge is -2.10. The lowest BCUT2D eigenvalue weighted by Crippen LogP contribution is -2.39. The monoisotopic (exact) mass is 275 g/mol. The number of anilines is 1. The third-order valence-corrected chi connectivity index (χ3v) is 2.97. The minimum atomic E-state index is -0.329. The van der Waals surface area contributed by atoms with Crippen LogP contribution in [0.5, 0.6) is 5.75 Å². The van der Waals surface area contributed by atoms with Gasteiger partial charge in [0.2, 0.25) is 0 Å². The van der Waals surface area contributed by atoms with Crippen molar-refractivity contribution in [3.63, 3.8) is 0 Å². The molecule has 106 valence electrons. The lowest BCUT2D eigenvalue weighted by molar-refractivity contribution is 0.293. The Morgan fingerprint density at radius 3 is 2.65 bits per heavy atom. The second kappa shape index (κ2) is 6.10. The van der Waals surface area contributed by atoms with E-state index in [0.29, 0.717) is 18.0 Å². The van der Waals surface area contributed by atoms with Crippen LogP contribution in [-0.2, 0) is 13.1 Å². The molecule has 0 atom stereocenters. The molecule has 20 heavy (non-hydrogen) atoms. The number of nitrogen functional groups attached to an aromatic ring is 1. The Morgan fingerprint density at radius 2 is 1.95 bits per heavy atom. The third kappa shape index (κ3) is 2.90. The topological polar surface area (TPSA) is 79.2 Å². The summed E-state index contributed by atoms with van der Waals surface area (Å²) in [6.07, 6.45) is 1.50. The molecule has 1 heterocycles. The van der Waals surface area contributed by atoms with Crippen molar-refractivity contribution in [3.8, 4) is 5.75 Å². The number of hydrogen-bond acceptors (Lipinski definition) is 4. The van der Waals surface area contributed by atoms with Crippen LogP contribution in [0.3, 0.4) is 0 Å². The van der Waals surface area contributed by atoms with E-state index in [1.807, 2.05) is 19.1 Å². The van der Waals surface area contributed by atoms with E-state index in [4.69, 9.17) is 10.5 Å². The number of nitrogens with zero attached hydrogens (tertiary/aromatic N) is 2. The van der Waals surface area contributed by atoms with Gasteiger partial charge in [-0.05, 0) is 19.1 Å². The molecule has 0 amide bonds. The molecule has 2 N–H and O–H groups in total. The van der Waals surface area contributed by atoms with Crippen LogP contribution in [0.25, 0.3) is 0 Å². The number of para-hydroxylation sites is 2. The zero-order valence-electron chi connectivity index (χ0n) is 11.3. The van der Waals surface area contributed by atoms with Gasteiger partial charge in [0.15, 0.2) is 0 Å². The summed E-state index contributed by atoms with van der Waals surface area (Å²) in [5.74, 6) is 0.548. The predicted molar refractivity (Wildman–Crippen MR) is 77.0 cm³/mol. The average molecular weight is 275 g/mol. The number of aromatic nitrogens is 2. The number of benzene rings is 1. The maximum Gasteiger partial charge on any atom is 0.331 e. The Labute approximate surface area is 116 Å². The summed E-state index contributed by atoms with van der Waals surface area (Å²) in [7, 11) is 0. The molecule has 0 saturated carbocycles. The van der Waals surface area contributed by atoms with Crippen molar-refractivity contribution >= 4 is 5.69 Å². The van der Waals surface area contributed by atoms with Gasteiger partial charge < -0.3 is 15.0 Å². The number of aryl methyl sites for hydroxylation is 1. The van der Waals surface area contributed by atoms with E-state index < -0.39 is 0 Å². The van der Waals surface area contributed by atoms with Crippen molar-refractivity contribution in [1.29, 1.82) is 0 Å². The lowest BCUT2D eigenvalue weighted by atomic mass is 10.3. The summed E-state index contributed by atoms with van der Waals surface area (Å²) in [5.41, 5.74) is 5.61. The van der Waals surface area contributed by atoms with Gasteiger partial charge in [0.1, 0.15) is 12.4 Å². The molecule has 2 rings (SSSR count). The van der Waals surface area contributed by atoms with Crippen LogP contribution in [0.1, 0.15) is 6.92 Å². The van der Waals surface area contributed by atoms with Gasteiger partial charge in [-0.25, -0.2) is 4.79 Å². The molecule has 0 unspecified atom stereocenters. The van der Waals surface area contributed by atoms with Crippen LogP contribution in [0.15, 0.2) is 46.1 Å². The molecule has 0 fully saturated rings. The van der Waals surface area contributed by atoms with Crippen molar-refractivity contribution in [1.82, 2.24) is 9.13 Å². The normalized spacial score (nSPS) is 10.4. The first-order valence-electron chi connectivity index (χ1n) is 6.41. The maximum absolute atomic E-state index is 12.0. The Morgan fingerprint density at radius 1 is 1.20 bits per heavy atom. The molecule has 6 nitrogen and oxygen atoms in total. The van der Waals surface area contributed by atoms with Gasteiger partial charge in [-0.1, -0.05) is 12.1 Å². The van der Waals surface area contributed by atoms with Crippen molar-refractivity contribution in [2.45, 2.75) is 20.0 Å². The summed E-state index contributed by atoms with van der Waals surface area (Å²) in [6.45, 7) is 2.76. The van der Waals surface area contributed by atoms with Crippen molar-refractivity contribution in [3.05, 3.63) is 57.4 Å². The molecule has 0 aliphatic rings. The SMILES string of the molecule is CCn1ccc(=O)n(CCOc2ccccc2N)c1=O. The zero-order chi connectivity index (χ0) is 14.5. The van der Waals surface area contributed by atoms with Gasteiger partial charge in [-0.15, -0.1) is 0 Å². The fourth-order valence-corrected chi connectivity index (χ4v) is 1.86. The van der Waals surface area contributed by atoms with E-state index in [9.17, 15) is 9.59 Å². The minimum absolute atomic E-state index is 0.187. The number of rotatable bonds is 5. The fraction of sp³-hybridized carbons (Fsp3) is 0.286. The Hall–Kier alpha value is -2.50. The van der Waals surface area contributed by atoms with Crippen LogP contribution in [-0.4, -0.2) is 15.7 Å². The smallest absolute Gasteiger partial charge is 0.331 e. The summed E-state index contributed by atoms with van der Waals surface area (Å²) in [5, 5.41) is 0. The first-order valence-corrected chi connectivity index (χ1v) is 6.41. The standard InChI is InChI=1S/C14H17N3O3/c1-2-16-8-7-13(18)17(14(16)19)9-10-20-12-6-4-3-5-11(12)15/h3-8H,2,9-10,15H2,1H3. The highest BCUT2D eigenvalue weighted by atomic mass is 16.5. The Balaban J connectivity index is 2.11. The third-order valence-electron chi connectivity index (χ3n) is 2.97. The van der Waals surface area contributed by atoms with Crippen LogP contribution in [0.4, 0.5) is 5.69 Å². The van der Waals surface area contributed by atoms with Crippen molar-refractivity contribution in [2.24, 2.45) is 0 Å². The van der Waals surface area contributed by atoms with E-state index in [1.165, 1.54) is 16.8 Å². The highest BCUT2D eigenvalue weighted by Gasteiger charge is 2.05. The molecule has 0 bridgehead atoms. The zero-order valence-corrected chi connectivity index (χ0v) is 11.3. The molecule has 0 spiro atoms. The molecule has 6 heteroatoms. The van der Waals surface area contributed by atoms with Crippen molar-refractivity contribution < 1.29 is 4.74 Å². The Bertz CT molecular complexity index is 703. The van der Waals surface area contributed by atoms with Gasteiger partial charge in [0, 0.05) is 18.8 Å². The van der Waals surface area contributed by atoms with E-state index in [1.54, 1.807) is 12.1 Å². The van der Waals surface area contributed by atoms with Crippen LogP contribution >= 0.6 is 0 Å². The quantitative estimate of drug-likeness (QED) is 0.814. The van der Waals surface area contributed by atoms with Crippen molar-refractivity contribution in [2.75, 3.05) is 12.3 Å². The molecule has 2 aromatic rings. The maximum atomic E-state index is 12.0. The van der Waals surface area contributed by atoms with Gasteiger partial charge >= 0.3 is 5.69 Å². The largest absolute Gasteiger partial charge is 0.490 e. The first-order chi connectivity index (χ1) is 9.63. The van der Waals surface area contributed by atoms with Gasteiger partial charge in [-0.2, -0.15) is 0 Å². The summed E-state index contributed by atoms with van der Waals surface area (Å²) < 4.78 is 8.12. The molecule has 0 saturated heterocycles. The first kappa shape index (κ1) is 13.9. The molecule has 0 radical (unpaired) electrons. The van der Waals surface area contributed by atoms with E-state index in [2.05, 4.69) is 0 Å². The highest BCUT2D eigenvalue weighted by molar-refractivity contribution is 5.51. The molecule has 1 aromatic carbocycles. The van der Waals surface area contributed by atoms with Crippen LogP contribution in [0, 0.1) is 0 Å². The van der Waals surface area contributed by atoms with Crippen LogP contribution < -0.4 is 21.7 Å². The average Bonchev–Trinajstić information content (AvgIpc) is 2.44. The summed E-state index contributed by atoms with van der Waals surface area (Å²) in [6, 6.07) is 8.47. The number of ether oxygens (including phenoxy) is 1. The fourth-order valence-electron chi connectivity index (χ4n) is 1.86. The van der Waals surface area contributed by atoms with E-state index >= 15 is 0 Å². The molecule has 0 aliphatic carbocycles. The molecular weight excluding hydrogens is 258 g/mol. The molecule has 0 aliphatic heterocycles. The summed E-state index contributed by atoms with van der Waals surface area (Å²) >= 11 is 0. The van der Waals surface area contributed by atoms with E-state index in [0.717, 1.165) is 4.57 Å². The van der Waals surface area contributed by atoms with E-state index in [-0.39, 0.29) is 24.4 Å². The second-order valence-electron chi connectivity index (χ2n) is 4.26.